The number of hydrogen-bond donors (Lipinski definition) is 1. The maximum atomic E-state index is 13.2. The molecular formula is C33H34N6O6. The van der Waals surface area contributed by atoms with Crippen LogP contribution in [0.2, 0.25) is 0 Å². The Balaban J connectivity index is 1.17. The quantitative estimate of drug-likeness (QED) is 0.140. The molecule has 0 bridgehead atoms. The standard InChI is InChI=1S/C33H34N6O6/c1-2-42-32-34-28-14-8-13-27(31(40)43-19-20-44-33(41)45-24-9-4-3-5-10-24)29(28)39(32)21-22-15-17-23(18-16-22)25-11-6-7-12-26(25)30-35-37-38-36-30/h6-8,11-18,24H,2-5,9-10,19-21H2,1H3,(H,35,36,37,38). The number of aromatic amines is 1. The molecule has 1 N–H and O–H groups in total. The van der Waals surface area contributed by atoms with Crippen LogP contribution in [0.3, 0.4) is 0 Å². The van der Waals surface area contributed by atoms with Crippen molar-refractivity contribution in [2.45, 2.75) is 51.7 Å². The van der Waals surface area contributed by atoms with E-state index in [-0.39, 0.29) is 19.3 Å². The second-order valence-corrected chi connectivity index (χ2v) is 10.7. The first-order valence-electron chi connectivity index (χ1n) is 15.2. The second-order valence-electron chi connectivity index (χ2n) is 10.7. The van der Waals surface area contributed by atoms with Crippen molar-refractivity contribution in [1.82, 2.24) is 30.2 Å². The molecular weight excluding hydrogens is 576 g/mol. The fourth-order valence-electron chi connectivity index (χ4n) is 5.59. The normalized spacial score (nSPS) is 13.4. The Labute approximate surface area is 259 Å². The zero-order chi connectivity index (χ0) is 31.0. The summed E-state index contributed by atoms with van der Waals surface area (Å²) in [6.07, 6.45) is 4.12. The lowest BCUT2D eigenvalue weighted by Gasteiger charge is -2.21. The Kier molecular flexibility index (Phi) is 9.28. The molecule has 45 heavy (non-hydrogen) atoms. The van der Waals surface area contributed by atoms with Gasteiger partial charge in [0.15, 0.2) is 5.82 Å². The summed E-state index contributed by atoms with van der Waals surface area (Å²) in [5.74, 6) is 0.0363. The van der Waals surface area contributed by atoms with Crippen LogP contribution < -0.4 is 4.74 Å². The predicted octanol–water partition coefficient (Wildman–Crippen LogP) is 5.97. The van der Waals surface area contributed by atoms with Crippen LogP contribution in [0.4, 0.5) is 4.79 Å². The second kappa shape index (κ2) is 14.0. The molecule has 0 unspecified atom stereocenters. The Morgan fingerprint density at radius 2 is 1.69 bits per heavy atom. The number of esters is 1. The summed E-state index contributed by atoms with van der Waals surface area (Å²) in [4.78, 5) is 29.9. The van der Waals surface area contributed by atoms with Crippen molar-refractivity contribution in [3.8, 4) is 28.5 Å². The van der Waals surface area contributed by atoms with E-state index >= 15 is 0 Å². The molecule has 12 nitrogen and oxygen atoms in total. The van der Waals surface area contributed by atoms with Gasteiger partial charge in [0, 0.05) is 5.56 Å². The zero-order valence-electron chi connectivity index (χ0n) is 25.0. The van der Waals surface area contributed by atoms with E-state index in [4.69, 9.17) is 18.9 Å². The van der Waals surface area contributed by atoms with Crippen molar-refractivity contribution < 1.29 is 28.5 Å². The number of H-pyrrole nitrogens is 1. The van der Waals surface area contributed by atoms with Gasteiger partial charge in [0.2, 0.25) is 0 Å². The summed E-state index contributed by atoms with van der Waals surface area (Å²) < 4.78 is 23.7. The van der Waals surface area contributed by atoms with E-state index in [0.29, 0.717) is 41.6 Å². The summed E-state index contributed by atoms with van der Waals surface area (Å²) in [6, 6.07) is 21.7. The molecule has 1 aliphatic carbocycles. The molecule has 1 fully saturated rings. The number of nitrogens with one attached hydrogen (secondary N) is 1. The summed E-state index contributed by atoms with van der Waals surface area (Å²) in [7, 11) is 0. The molecule has 1 saturated carbocycles. The number of ether oxygens (including phenoxy) is 4. The van der Waals surface area contributed by atoms with Gasteiger partial charge in [0.1, 0.15) is 19.3 Å². The highest BCUT2D eigenvalue weighted by Gasteiger charge is 2.22. The molecule has 0 aliphatic heterocycles. The number of nitrogens with zero attached hydrogens (tertiary/aromatic N) is 5. The highest BCUT2D eigenvalue weighted by molar-refractivity contribution is 6.02. The van der Waals surface area contributed by atoms with Gasteiger partial charge in [-0.2, -0.15) is 4.98 Å². The van der Waals surface area contributed by atoms with Crippen molar-refractivity contribution in [3.05, 3.63) is 77.9 Å². The van der Waals surface area contributed by atoms with E-state index in [1.165, 1.54) is 0 Å². The first kappa shape index (κ1) is 29.8. The first-order chi connectivity index (χ1) is 22.1. The molecule has 12 heteroatoms. The number of carbonyl (C=O) groups excluding carboxylic acids is 2. The number of tetrazole rings is 1. The topological polar surface area (TPSA) is 143 Å². The Morgan fingerprint density at radius 1 is 0.911 bits per heavy atom. The molecule has 3 aromatic carbocycles. The highest BCUT2D eigenvalue weighted by atomic mass is 16.7. The number of fused-ring (bicyclic) bond motifs is 1. The zero-order valence-corrected chi connectivity index (χ0v) is 25.0. The number of rotatable bonds is 11. The van der Waals surface area contributed by atoms with Crippen LogP contribution in [0.15, 0.2) is 66.7 Å². The molecule has 0 radical (unpaired) electrons. The maximum Gasteiger partial charge on any atom is 0.508 e. The third kappa shape index (κ3) is 6.95. The van der Waals surface area contributed by atoms with E-state index in [9.17, 15) is 9.59 Å². The monoisotopic (exact) mass is 610 g/mol. The van der Waals surface area contributed by atoms with Crippen LogP contribution >= 0.6 is 0 Å². The van der Waals surface area contributed by atoms with E-state index in [1.807, 2.05) is 66.1 Å². The van der Waals surface area contributed by atoms with Gasteiger partial charge in [-0.15, -0.1) is 5.10 Å². The molecule has 6 rings (SSSR count). The summed E-state index contributed by atoms with van der Waals surface area (Å²) >= 11 is 0. The molecule has 2 heterocycles. The number of carbonyl (C=O) groups is 2. The SMILES string of the molecule is CCOc1nc2cccc(C(=O)OCCOC(=O)OC3CCCCC3)c2n1Cc1ccc(-c2ccccc2-c2nnn[nH]2)cc1. The van der Waals surface area contributed by atoms with Gasteiger partial charge in [-0.3, -0.25) is 4.57 Å². The average Bonchev–Trinajstić information content (AvgIpc) is 3.73. The van der Waals surface area contributed by atoms with Gasteiger partial charge < -0.3 is 18.9 Å². The fraction of sp³-hybridized carbons (Fsp3) is 0.333. The summed E-state index contributed by atoms with van der Waals surface area (Å²) in [5, 5.41) is 14.3. The molecule has 2 aromatic heterocycles. The van der Waals surface area contributed by atoms with Crippen LogP contribution in [0.25, 0.3) is 33.5 Å². The lowest BCUT2D eigenvalue weighted by molar-refractivity contribution is -0.00178. The highest BCUT2D eigenvalue weighted by Crippen LogP contribution is 2.31. The number of imidazole rings is 1. The van der Waals surface area contributed by atoms with Crippen LogP contribution in [-0.4, -0.2) is 68.2 Å². The van der Waals surface area contributed by atoms with Gasteiger partial charge in [-0.25, -0.2) is 14.7 Å². The number of para-hydroxylation sites is 1. The van der Waals surface area contributed by atoms with Crippen molar-refractivity contribution >= 4 is 23.2 Å². The lowest BCUT2D eigenvalue weighted by Crippen LogP contribution is -2.23. The largest absolute Gasteiger partial charge is 0.508 e. The van der Waals surface area contributed by atoms with Gasteiger partial charge in [-0.05, 0) is 71.9 Å². The Morgan fingerprint density at radius 3 is 2.44 bits per heavy atom. The smallest absolute Gasteiger partial charge is 0.465 e. The third-order valence-electron chi connectivity index (χ3n) is 7.71. The Hall–Kier alpha value is -5.26. The van der Waals surface area contributed by atoms with E-state index in [1.54, 1.807) is 12.1 Å². The van der Waals surface area contributed by atoms with Crippen LogP contribution in [-0.2, 0) is 20.8 Å². The lowest BCUT2D eigenvalue weighted by atomic mass is 9.98. The van der Waals surface area contributed by atoms with Gasteiger partial charge in [0.25, 0.3) is 6.01 Å². The molecule has 1 aliphatic rings. The Bertz CT molecular complexity index is 1750. The minimum absolute atomic E-state index is 0.0981. The van der Waals surface area contributed by atoms with E-state index < -0.39 is 12.1 Å². The van der Waals surface area contributed by atoms with Crippen molar-refractivity contribution in [2.24, 2.45) is 0 Å². The van der Waals surface area contributed by atoms with Gasteiger partial charge in [-0.1, -0.05) is 61.0 Å². The van der Waals surface area contributed by atoms with Crippen LogP contribution in [0, 0.1) is 0 Å². The van der Waals surface area contributed by atoms with Crippen LogP contribution in [0.1, 0.15) is 54.9 Å². The van der Waals surface area contributed by atoms with Crippen molar-refractivity contribution in [2.75, 3.05) is 19.8 Å². The predicted molar refractivity (Wildman–Crippen MR) is 165 cm³/mol. The van der Waals surface area contributed by atoms with Crippen LogP contribution in [0.5, 0.6) is 6.01 Å². The van der Waals surface area contributed by atoms with Crippen molar-refractivity contribution in [3.63, 3.8) is 0 Å². The summed E-state index contributed by atoms with van der Waals surface area (Å²) in [5.41, 5.74) is 5.39. The van der Waals surface area contributed by atoms with Crippen molar-refractivity contribution in [1.29, 1.82) is 0 Å². The third-order valence-corrected chi connectivity index (χ3v) is 7.71. The molecule has 0 spiro atoms. The van der Waals surface area contributed by atoms with E-state index in [0.717, 1.165) is 54.4 Å². The van der Waals surface area contributed by atoms with E-state index in [2.05, 4.69) is 25.6 Å². The number of hydrogen-bond acceptors (Lipinski definition) is 10. The molecule has 232 valence electrons. The fourth-order valence-corrected chi connectivity index (χ4v) is 5.59. The van der Waals surface area contributed by atoms with Gasteiger partial charge in [0.05, 0.1) is 29.7 Å². The number of benzene rings is 3. The maximum absolute atomic E-state index is 13.2. The first-order valence-corrected chi connectivity index (χ1v) is 15.2. The minimum Gasteiger partial charge on any atom is -0.465 e. The molecule has 5 aromatic rings. The molecule has 0 saturated heterocycles. The minimum atomic E-state index is -0.732. The van der Waals surface area contributed by atoms with Gasteiger partial charge >= 0.3 is 12.1 Å². The molecule has 0 atom stereocenters. The average molecular weight is 611 g/mol. The molecule has 0 amide bonds. The number of aromatic nitrogens is 6. The summed E-state index contributed by atoms with van der Waals surface area (Å²) in [6.45, 7) is 2.49.